The van der Waals surface area contributed by atoms with E-state index >= 15 is 0 Å². The molecule has 0 saturated heterocycles. The Morgan fingerprint density at radius 2 is 1.00 bits per heavy atom. The molecular formula is C14H22O7Ti2. The second-order valence-electron chi connectivity index (χ2n) is 3.54. The summed E-state index contributed by atoms with van der Waals surface area (Å²) in [6.45, 7) is 17.8. The first-order valence-corrected chi connectivity index (χ1v) is 5.60. The van der Waals surface area contributed by atoms with Crippen LogP contribution in [0.15, 0.2) is 24.3 Å². The number of carbonyl (C=O) groups is 2. The van der Waals surface area contributed by atoms with Crippen LogP contribution in [-0.4, -0.2) is 25.2 Å². The van der Waals surface area contributed by atoms with E-state index in [9.17, 15) is 9.59 Å². The Bertz CT molecular complexity index is 278. The van der Waals surface area contributed by atoms with Gasteiger partial charge in [0.05, 0.1) is 13.2 Å². The van der Waals surface area contributed by atoms with E-state index in [4.69, 9.17) is 0 Å². The monoisotopic (exact) mass is 398 g/mol. The zero-order chi connectivity index (χ0) is 14.6. The van der Waals surface area contributed by atoms with E-state index in [1.165, 1.54) is 0 Å². The fraction of sp³-hybridized carbons (Fsp3) is 0.429. The summed E-state index contributed by atoms with van der Waals surface area (Å²) in [6, 6.07) is 0. The minimum absolute atomic E-state index is 0. The molecule has 0 atom stereocenters. The molecule has 0 aromatic heterocycles. The van der Waals surface area contributed by atoms with E-state index in [0.29, 0.717) is 37.2 Å². The van der Waals surface area contributed by atoms with Crippen LogP contribution in [0.4, 0.5) is 0 Å². The van der Waals surface area contributed by atoms with Gasteiger partial charge in [-0.15, -0.1) is 12.8 Å². The molecule has 23 heavy (non-hydrogen) atoms. The summed E-state index contributed by atoms with van der Waals surface area (Å²) in [5.74, 6) is -0.669. The fourth-order valence-corrected chi connectivity index (χ4v) is 0.576. The maximum atomic E-state index is 10.6. The molecule has 0 heterocycles. The summed E-state index contributed by atoms with van der Waals surface area (Å²) in [5.41, 5.74) is 0.868. The third-order valence-corrected chi connectivity index (χ3v) is 1.45. The second-order valence-corrected chi connectivity index (χ2v) is 3.54. The van der Waals surface area contributed by atoms with Gasteiger partial charge >= 0.3 is 55.4 Å². The normalized spacial score (nSPS) is 6.78. The first-order chi connectivity index (χ1) is 8.36. The minimum atomic E-state index is -0.335. The van der Waals surface area contributed by atoms with E-state index in [0.717, 1.165) is 0 Å². The molecule has 0 unspecified atom stereocenters. The topological polar surface area (TPSA) is 138 Å². The second kappa shape index (κ2) is 29.7. The van der Waals surface area contributed by atoms with Crippen molar-refractivity contribution in [1.82, 2.24) is 0 Å². The molecule has 0 aromatic carbocycles. The van der Waals surface area contributed by atoms with Gasteiger partial charge in [-0.2, -0.15) is 0 Å². The predicted molar refractivity (Wildman–Crippen MR) is 73.6 cm³/mol. The number of hydrogen-bond donors (Lipinski definition) is 0. The molecule has 7 nitrogen and oxygen atoms in total. The van der Waals surface area contributed by atoms with Crippen LogP contribution in [0.5, 0.6) is 0 Å². The fourth-order valence-electron chi connectivity index (χ4n) is 0.576. The zero-order valence-electron chi connectivity index (χ0n) is 13.5. The smallest absolute Gasteiger partial charge is 2.00 e. The summed E-state index contributed by atoms with van der Waals surface area (Å²) < 4.78 is 9.30. The van der Waals surface area contributed by atoms with Crippen molar-refractivity contribution in [3.63, 3.8) is 0 Å². The van der Waals surface area contributed by atoms with E-state index < -0.39 is 0 Å². The van der Waals surface area contributed by atoms with Crippen molar-refractivity contribution in [1.29, 1.82) is 0 Å². The molecule has 0 radical (unpaired) electrons. The van der Waals surface area contributed by atoms with Crippen LogP contribution >= 0.6 is 0 Å². The van der Waals surface area contributed by atoms with E-state index in [-0.39, 0.29) is 71.8 Å². The average Bonchev–Trinajstić information content (AvgIpc) is 2.33. The largest absolute Gasteiger partial charge is 4.00 e. The van der Waals surface area contributed by atoms with Crippen LogP contribution < -0.4 is 0 Å². The summed E-state index contributed by atoms with van der Waals surface area (Å²) in [5, 5.41) is 0. The van der Waals surface area contributed by atoms with Crippen molar-refractivity contribution >= 4 is 11.9 Å². The Balaban J connectivity index is -0.0000000366. The van der Waals surface area contributed by atoms with Gasteiger partial charge in [-0.3, -0.25) is 0 Å². The Morgan fingerprint density at radius 3 is 1.13 bits per heavy atom. The molecule has 0 rings (SSSR count). The van der Waals surface area contributed by atoms with Gasteiger partial charge < -0.3 is 39.7 Å². The standard InChI is InChI=1S/2C7H11O2.3O.2Ti/c2*1-4-5-9-7(8)6(2)3;;;;;/h2*1-2,4-5H2,3H3;;;;;/q2*-1;3*-2;2*+4. The molecule has 0 spiro atoms. The van der Waals surface area contributed by atoms with E-state index in [2.05, 4.69) is 36.5 Å². The van der Waals surface area contributed by atoms with Crippen molar-refractivity contribution in [2.24, 2.45) is 0 Å². The molecule has 0 aliphatic heterocycles. The Morgan fingerprint density at radius 1 is 0.783 bits per heavy atom. The number of carbonyl (C=O) groups excluding carboxylic acids is 2. The number of esters is 2. The molecular weight excluding hydrogens is 376 g/mol. The summed E-state index contributed by atoms with van der Waals surface area (Å²) >= 11 is 0. The van der Waals surface area contributed by atoms with Gasteiger partial charge in [0.2, 0.25) is 0 Å². The minimum Gasteiger partial charge on any atom is -2.00 e. The molecule has 9 heteroatoms. The summed E-state index contributed by atoms with van der Waals surface area (Å²) in [4.78, 5) is 21.1. The van der Waals surface area contributed by atoms with Crippen molar-refractivity contribution in [2.45, 2.75) is 26.7 Å². The molecule has 0 N–H and O–H groups in total. The predicted octanol–water partition coefficient (Wildman–Crippen LogP) is 2.30. The van der Waals surface area contributed by atoms with Crippen molar-refractivity contribution in [3.05, 3.63) is 38.2 Å². The van der Waals surface area contributed by atoms with Crippen LogP contribution in [0.25, 0.3) is 0 Å². The van der Waals surface area contributed by atoms with E-state index in [1.807, 2.05) is 0 Å². The quantitative estimate of drug-likeness (QED) is 0.293. The Kier molecular flexibility index (Phi) is 56.0. The van der Waals surface area contributed by atoms with E-state index in [1.54, 1.807) is 13.8 Å². The van der Waals surface area contributed by atoms with Crippen LogP contribution in [0.1, 0.15) is 26.7 Å². The van der Waals surface area contributed by atoms with Crippen molar-refractivity contribution in [3.8, 4) is 0 Å². The molecule has 0 amide bonds. The molecule has 0 aromatic rings. The number of ether oxygens (including phenoxy) is 2. The third-order valence-electron chi connectivity index (χ3n) is 1.45. The number of rotatable bonds is 6. The number of hydrogen-bond acceptors (Lipinski definition) is 4. The van der Waals surface area contributed by atoms with Crippen LogP contribution in [-0.2, 0) is 78.9 Å². The van der Waals surface area contributed by atoms with Crippen molar-refractivity contribution in [2.75, 3.05) is 13.2 Å². The van der Waals surface area contributed by atoms with Gasteiger partial charge in [-0.25, -0.2) is 9.59 Å². The van der Waals surface area contributed by atoms with Crippen LogP contribution in [0, 0.1) is 13.8 Å². The first-order valence-electron chi connectivity index (χ1n) is 5.60. The zero-order valence-corrected chi connectivity index (χ0v) is 16.6. The summed E-state index contributed by atoms with van der Waals surface area (Å²) in [7, 11) is 0. The van der Waals surface area contributed by atoms with Crippen molar-refractivity contribution < 1.29 is 78.9 Å². The van der Waals surface area contributed by atoms with Gasteiger partial charge in [0.15, 0.2) is 0 Å². The average molecular weight is 398 g/mol. The van der Waals surface area contributed by atoms with Crippen LogP contribution in [0.3, 0.4) is 0 Å². The van der Waals surface area contributed by atoms with Gasteiger partial charge in [-0.1, -0.05) is 13.2 Å². The van der Waals surface area contributed by atoms with Gasteiger partial charge in [0.25, 0.3) is 0 Å². The van der Waals surface area contributed by atoms with Gasteiger partial charge in [0.1, 0.15) is 0 Å². The first kappa shape index (κ1) is 43.4. The SMILES string of the molecule is C=C(C)C(=O)OCC[CH2-].C=C(C)C(=O)OCC[CH2-].[O-2].[O-2].[O-2].[Ti+4].[Ti+4]. The third kappa shape index (κ3) is 34.2. The molecule has 0 aliphatic rings. The molecule has 128 valence electrons. The Labute approximate surface area is 168 Å². The molecule has 0 saturated carbocycles. The van der Waals surface area contributed by atoms with Gasteiger partial charge in [0, 0.05) is 11.1 Å². The maximum Gasteiger partial charge on any atom is 4.00 e. The van der Waals surface area contributed by atoms with Gasteiger partial charge in [-0.05, 0) is 13.8 Å². The van der Waals surface area contributed by atoms with Crippen LogP contribution in [0.2, 0.25) is 0 Å². The molecule has 0 bridgehead atoms. The summed E-state index contributed by atoms with van der Waals surface area (Å²) in [6.07, 6.45) is 1.22. The molecule has 0 fully saturated rings. The molecule has 0 aliphatic carbocycles. The maximum absolute atomic E-state index is 10.6. The Hall–Kier alpha value is -0.271.